The molecule has 8 nitrogen and oxygen atoms in total. The topological polar surface area (TPSA) is 85.5 Å². The Morgan fingerprint density at radius 1 is 1.13 bits per heavy atom. The predicted molar refractivity (Wildman–Crippen MR) is 120 cm³/mol. The number of hydrogen-bond acceptors (Lipinski definition) is 7. The van der Waals surface area contributed by atoms with Crippen LogP contribution in [-0.4, -0.2) is 65.8 Å². The molecule has 1 aromatic carbocycles. The molecule has 0 atom stereocenters. The van der Waals surface area contributed by atoms with E-state index in [9.17, 15) is 5.11 Å². The number of fused-ring (bicyclic) bond motifs is 1. The molecule has 1 saturated heterocycles. The molecule has 0 spiro atoms. The van der Waals surface area contributed by atoms with E-state index in [1.807, 2.05) is 16.8 Å². The lowest BCUT2D eigenvalue weighted by atomic mass is 10.1. The van der Waals surface area contributed by atoms with Crippen LogP contribution in [0.4, 0.5) is 5.82 Å². The van der Waals surface area contributed by atoms with Gasteiger partial charge in [-0.05, 0) is 24.2 Å². The minimum atomic E-state index is -1.16. The molecule has 0 bridgehead atoms. The zero-order valence-corrected chi connectivity index (χ0v) is 18.8. The van der Waals surface area contributed by atoms with Crippen molar-refractivity contribution in [2.75, 3.05) is 37.8 Å². The summed E-state index contributed by atoms with van der Waals surface area (Å²) in [6, 6.07) is 8.27. The summed E-state index contributed by atoms with van der Waals surface area (Å²) in [5, 5.41) is 15.6. The number of nitrogens with zero attached hydrogens (tertiary/aromatic N) is 5. The van der Waals surface area contributed by atoms with Crippen molar-refractivity contribution in [2.24, 2.45) is 0 Å². The average Bonchev–Trinajstić information content (AvgIpc) is 3.08. The molecule has 3 aromatic rings. The number of aromatic hydroxyl groups is 1. The van der Waals surface area contributed by atoms with Gasteiger partial charge in [-0.2, -0.15) is 5.10 Å². The highest BCUT2D eigenvalue weighted by atomic mass is 28.3. The van der Waals surface area contributed by atoms with Crippen LogP contribution in [0.5, 0.6) is 5.75 Å². The molecular weight excluding hydrogens is 398 g/mol. The molecule has 1 N–H and O–H groups in total. The first-order valence-electron chi connectivity index (χ1n) is 10.3. The Balaban J connectivity index is 1.67. The zero-order valence-electron chi connectivity index (χ0n) is 17.8. The summed E-state index contributed by atoms with van der Waals surface area (Å²) in [5.74, 6) is 1.06. The van der Waals surface area contributed by atoms with Crippen molar-refractivity contribution in [1.82, 2.24) is 19.7 Å². The van der Waals surface area contributed by atoms with Gasteiger partial charge >= 0.3 is 0 Å². The molecule has 30 heavy (non-hydrogen) atoms. The van der Waals surface area contributed by atoms with Crippen LogP contribution in [0.25, 0.3) is 22.3 Å². The van der Waals surface area contributed by atoms with Crippen LogP contribution < -0.4 is 4.90 Å². The number of morpholine rings is 1. The normalized spacial score (nSPS) is 15.1. The molecule has 9 heteroatoms. The molecule has 0 radical (unpaired) electrons. The number of ether oxygens (including phenoxy) is 2. The van der Waals surface area contributed by atoms with Gasteiger partial charge in [-0.3, -0.25) is 0 Å². The van der Waals surface area contributed by atoms with Gasteiger partial charge in [0.1, 0.15) is 24.6 Å². The molecule has 1 fully saturated rings. The molecule has 2 aromatic heterocycles. The lowest BCUT2D eigenvalue weighted by molar-refractivity contribution is 0.0802. The highest BCUT2D eigenvalue weighted by Crippen LogP contribution is 2.31. The summed E-state index contributed by atoms with van der Waals surface area (Å²) in [7, 11) is -1.16. The van der Waals surface area contributed by atoms with Gasteiger partial charge in [0.2, 0.25) is 0 Å². The molecule has 0 saturated carbocycles. The van der Waals surface area contributed by atoms with E-state index in [4.69, 9.17) is 14.6 Å². The van der Waals surface area contributed by atoms with Crippen LogP contribution in [0.1, 0.15) is 0 Å². The Kier molecular flexibility index (Phi) is 6.03. The fourth-order valence-corrected chi connectivity index (χ4v) is 4.21. The molecule has 0 amide bonds. The maximum atomic E-state index is 10.1. The van der Waals surface area contributed by atoms with Gasteiger partial charge in [-0.15, -0.1) is 0 Å². The van der Waals surface area contributed by atoms with Crippen LogP contribution in [0, 0.1) is 0 Å². The lowest BCUT2D eigenvalue weighted by Gasteiger charge is -2.27. The van der Waals surface area contributed by atoms with E-state index in [-0.39, 0.29) is 5.75 Å². The molecule has 3 heterocycles. The van der Waals surface area contributed by atoms with Crippen LogP contribution in [-0.2, 0) is 16.2 Å². The van der Waals surface area contributed by atoms with Crippen LogP contribution in [0.3, 0.4) is 0 Å². The van der Waals surface area contributed by atoms with E-state index in [1.165, 1.54) is 0 Å². The summed E-state index contributed by atoms with van der Waals surface area (Å²) in [4.78, 5) is 11.2. The van der Waals surface area contributed by atoms with Crippen molar-refractivity contribution in [2.45, 2.75) is 32.4 Å². The van der Waals surface area contributed by atoms with Crippen molar-refractivity contribution in [1.29, 1.82) is 0 Å². The van der Waals surface area contributed by atoms with Crippen LogP contribution in [0.15, 0.2) is 30.6 Å². The number of benzene rings is 1. The van der Waals surface area contributed by atoms with Gasteiger partial charge in [0.25, 0.3) is 0 Å². The highest BCUT2D eigenvalue weighted by Gasteiger charge is 2.19. The van der Waals surface area contributed by atoms with Gasteiger partial charge in [-0.1, -0.05) is 19.6 Å². The summed E-state index contributed by atoms with van der Waals surface area (Å²) < 4.78 is 13.3. The van der Waals surface area contributed by atoms with E-state index in [2.05, 4.69) is 34.5 Å². The fraction of sp³-hybridized carbons (Fsp3) is 0.476. The van der Waals surface area contributed by atoms with Crippen LogP contribution >= 0.6 is 0 Å². The number of rotatable bonds is 7. The Morgan fingerprint density at radius 2 is 1.93 bits per heavy atom. The first-order chi connectivity index (χ1) is 14.4. The largest absolute Gasteiger partial charge is 0.508 e. The van der Waals surface area contributed by atoms with Gasteiger partial charge in [0, 0.05) is 39.2 Å². The molecule has 160 valence electrons. The van der Waals surface area contributed by atoms with Gasteiger partial charge < -0.3 is 19.5 Å². The Hall–Kier alpha value is -2.49. The van der Waals surface area contributed by atoms with E-state index in [1.54, 1.807) is 18.5 Å². The standard InChI is InChI=1S/C21H29N5O3Si/c1-30(2,3)11-10-29-15-26-21(17-12-16(27)4-5-18(17)24-26)19-13-20(23-14-22-19)25-6-8-28-9-7-25/h4-5,12-14,27H,6-11,15H2,1-3H3. The lowest BCUT2D eigenvalue weighted by Crippen LogP contribution is -2.36. The molecule has 1 aliphatic heterocycles. The smallest absolute Gasteiger partial charge is 0.140 e. The number of anilines is 1. The first kappa shape index (κ1) is 20.8. The molecule has 0 unspecified atom stereocenters. The number of phenols is 1. The molecular formula is C21H29N5O3Si. The number of phenolic OH excluding ortho intramolecular Hbond substituents is 1. The van der Waals surface area contributed by atoms with Gasteiger partial charge in [-0.25, -0.2) is 14.6 Å². The van der Waals surface area contributed by atoms with Crippen molar-refractivity contribution in [3.05, 3.63) is 30.6 Å². The maximum absolute atomic E-state index is 10.1. The Bertz CT molecular complexity index is 1010. The first-order valence-corrected chi connectivity index (χ1v) is 14.0. The Labute approximate surface area is 177 Å². The van der Waals surface area contributed by atoms with E-state index in [0.29, 0.717) is 26.6 Å². The summed E-state index contributed by atoms with van der Waals surface area (Å²) in [6.07, 6.45) is 1.58. The number of aromatic nitrogens is 4. The molecule has 0 aliphatic carbocycles. The summed E-state index contributed by atoms with van der Waals surface area (Å²) in [6.45, 7) is 11.0. The molecule has 4 rings (SSSR count). The maximum Gasteiger partial charge on any atom is 0.140 e. The summed E-state index contributed by atoms with van der Waals surface area (Å²) in [5.41, 5.74) is 2.38. The predicted octanol–water partition coefficient (Wildman–Crippen LogP) is 3.35. The van der Waals surface area contributed by atoms with Gasteiger partial charge in [0.05, 0.1) is 30.1 Å². The third-order valence-corrected chi connectivity index (χ3v) is 6.87. The zero-order chi connectivity index (χ0) is 21.1. The fourth-order valence-electron chi connectivity index (χ4n) is 3.45. The average molecular weight is 428 g/mol. The van der Waals surface area contributed by atoms with Crippen molar-refractivity contribution < 1.29 is 14.6 Å². The third kappa shape index (κ3) is 4.80. The SMILES string of the molecule is C[Si](C)(C)CCOCn1nc2ccc(O)cc2c1-c1cc(N2CCOCC2)ncn1. The van der Waals surface area contributed by atoms with Crippen molar-refractivity contribution >= 4 is 24.8 Å². The van der Waals surface area contributed by atoms with E-state index < -0.39 is 8.07 Å². The van der Waals surface area contributed by atoms with E-state index in [0.717, 1.165) is 47.2 Å². The van der Waals surface area contributed by atoms with E-state index >= 15 is 0 Å². The van der Waals surface area contributed by atoms with Crippen molar-refractivity contribution in [3.8, 4) is 17.1 Å². The second-order valence-electron chi connectivity index (χ2n) is 8.76. The number of hydrogen-bond donors (Lipinski definition) is 1. The monoisotopic (exact) mass is 427 g/mol. The molecule has 1 aliphatic rings. The third-order valence-electron chi connectivity index (χ3n) is 5.16. The minimum absolute atomic E-state index is 0.199. The van der Waals surface area contributed by atoms with Crippen LogP contribution in [0.2, 0.25) is 25.7 Å². The van der Waals surface area contributed by atoms with Gasteiger partial charge in [0.15, 0.2) is 0 Å². The second kappa shape index (κ2) is 8.71. The quantitative estimate of drug-likeness (QED) is 0.457. The summed E-state index contributed by atoms with van der Waals surface area (Å²) >= 11 is 0. The second-order valence-corrected chi connectivity index (χ2v) is 14.4. The van der Waals surface area contributed by atoms with Crippen molar-refractivity contribution in [3.63, 3.8) is 0 Å². The highest BCUT2D eigenvalue weighted by molar-refractivity contribution is 6.76. The minimum Gasteiger partial charge on any atom is -0.508 e. The Morgan fingerprint density at radius 3 is 2.70 bits per heavy atom.